The topological polar surface area (TPSA) is 44.0 Å². The third-order valence-corrected chi connectivity index (χ3v) is 2.17. The van der Waals surface area contributed by atoms with Gasteiger partial charge in [-0.2, -0.15) is 22.0 Å². The molecule has 0 unspecified atom stereocenters. The SMILES string of the molecule is CC(C)n1c(=O)cc(C(F)(F)F)n(C(F)F)c1=O. The zero-order chi connectivity index (χ0) is 14.2. The van der Waals surface area contributed by atoms with Crippen molar-refractivity contribution in [1.82, 2.24) is 9.13 Å². The molecule has 0 aliphatic heterocycles. The van der Waals surface area contributed by atoms with Crippen molar-refractivity contribution >= 4 is 0 Å². The highest BCUT2D eigenvalue weighted by molar-refractivity contribution is 5.07. The van der Waals surface area contributed by atoms with Gasteiger partial charge in [0.15, 0.2) is 0 Å². The average Bonchev–Trinajstić information content (AvgIpc) is 2.13. The Labute approximate surface area is 97.3 Å². The Morgan fingerprint density at radius 2 is 1.61 bits per heavy atom. The summed E-state index contributed by atoms with van der Waals surface area (Å²) in [7, 11) is 0. The maximum atomic E-state index is 12.5. The average molecular weight is 272 g/mol. The number of nitrogens with zero attached hydrogens (tertiary/aromatic N) is 2. The fourth-order valence-corrected chi connectivity index (χ4v) is 1.45. The molecule has 0 saturated carbocycles. The van der Waals surface area contributed by atoms with E-state index in [0.717, 1.165) is 0 Å². The third-order valence-electron chi connectivity index (χ3n) is 2.17. The fraction of sp³-hybridized carbons (Fsp3) is 0.556. The standard InChI is InChI=1S/C9H9F5N2O2/c1-4(2)15-6(17)3-5(9(12,13)14)16(7(10)11)8(15)18/h3-4,7H,1-2H3. The predicted molar refractivity (Wildman–Crippen MR) is 51.6 cm³/mol. The highest BCUT2D eigenvalue weighted by Crippen LogP contribution is 2.29. The summed E-state index contributed by atoms with van der Waals surface area (Å²) in [5.74, 6) is 0. The summed E-state index contributed by atoms with van der Waals surface area (Å²) in [4.78, 5) is 22.8. The van der Waals surface area contributed by atoms with E-state index in [-0.39, 0.29) is 6.07 Å². The molecule has 0 aliphatic carbocycles. The van der Waals surface area contributed by atoms with Crippen LogP contribution in [0.5, 0.6) is 0 Å². The van der Waals surface area contributed by atoms with Gasteiger partial charge in [0, 0.05) is 12.1 Å². The molecule has 0 amide bonds. The second-order valence-electron chi connectivity index (χ2n) is 3.76. The summed E-state index contributed by atoms with van der Waals surface area (Å²) in [5.41, 5.74) is -4.90. The molecule has 0 radical (unpaired) electrons. The van der Waals surface area contributed by atoms with E-state index in [2.05, 4.69) is 0 Å². The first-order chi connectivity index (χ1) is 8.07. The minimum atomic E-state index is -5.20. The van der Waals surface area contributed by atoms with Gasteiger partial charge in [-0.3, -0.25) is 9.36 Å². The fourth-order valence-electron chi connectivity index (χ4n) is 1.45. The molecule has 0 aromatic carbocycles. The van der Waals surface area contributed by atoms with Crippen LogP contribution in [-0.2, 0) is 6.18 Å². The van der Waals surface area contributed by atoms with Crippen LogP contribution >= 0.6 is 0 Å². The lowest BCUT2D eigenvalue weighted by molar-refractivity contribution is -0.150. The van der Waals surface area contributed by atoms with Crippen molar-refractivity contribution in [1.29, 1.82) is 0 Å². The Hall–Kier alpha value is -1.67. The van der Waals surface area contributed by atoms with Crippen LogP contribution in [0.25, 0.3) is 0 Å². The molecule has 9 heteroatoms. The molecule has 0 atom stereocenters. The molecular weight excluding hydrogens is 263 g/mol. The predicted octanol–water partition coefficient (Wildman–Crippen LogP) is 2.00. The van der Waals surface area contributed by atoms with Gasteiger partial charge in [0.1, 0.15) is 5.69 Å². The second-order valence-corrected chi connectivity index (χ2v) is 3.76. The van der Waals surface area contributed by atoms with Crippen molar-refractivity contribution in [3.8, 4) is 0 Å². The summed E-state index contributed by atoms with van der Waals surface area (Å²) in [6.45, 7) is -1.03. The third kappa shape index (κ3) is 2.44. The first kappa shape index (κ1) is 14.4. The number of rotatable bonds is 2. The largest absolute Gasteiger partial charge is 0.431 e. The second kappa shape index (κ2) is 4.54. The maximum absolute atomic E-state index is 12.5. The molecule has 0 fully saturated rings. The summed E-state index contributed by atoms with van der Waals surface area (Å²) >= 11 is 0. The van der Waals surface area contributed by atoms with Crippen molar-refractivity contribution in [2.45, 2.75) is 32.6 Å². The van der Waals surface area contributed by atoms with Gasteiger partial charge < -0.3 is 0 Å². The van der Waals surface area contributed by atoms with Gasteiger partial charge in [0.2, 0.25) is 0 Å². The molecule has 1 aromatic rings. The summed E-state index contributed by atoms with van der Waals surface area (Å²) in [5, 5.41) is 0. The van der Waals surface area contributed by atoms with E-state index in [9.17, 15) is 31.5 Å². The van der Waals surface area contributed by atoms with Crippen LogP contribution in [0.2, 0.25) is 0 Å². The van der Waals surface area contributed by atoms with Crippen LogP contribution < -0.4 is 11.2 Å². The first-order valence-corrected chi connectivity index (χ1v) is 4.80. The van der Waals surface area contributed by atoms with Crippen LogP contribution in [0.15, 0.2) is 15.7 Å². The van der Waals surface area contributed by atoms with Gasteiger partial charge >= 0.3 is 18.4 Å². The zero-order valence-electron chi connectivity index (χ0n) is 9.33. The number of halogens is 5. The zero-order valence-corrected chi connectivity index (χ0v) is 9.33. The van der Waals surface area contributed by atoms with E-state index < -0.39 is 40.3 Å². The summed E-state index contributed by atoms with van der Waals surface area (Å²) < 4.78 is 62.1. The van der Waals surface area contributed by atoms with Gasteiger partial charge in [-0.05, 0) is 13.8 Å². The first-order valence-electron chi connectivity index (χ1n) is 4.80. The Morgan fingerprint density at radius 1 is 1.11 bits per heavy atom. The maximum Gasteiger partial charge on any atom is 0.431 e. The van der Waals surface area contributed by atoms with Crippen LogP contribution in [0, 0.1) is 0 Å². The van der Waals surface area contributed by atoms with Crippen LogP contribution in [0.3, 0.4) is 0 Å². The molecule has 0 spiro atoms. The van der Waals surface area contributed by atoms with Crippen LogP contribution in [0.1, 0.15) is 32.1 Å². The lowest BCUT2D eigenvalue weighted by Gasteiger charge is -2.17. The van der Waals surface area contributed by atoms with Crippen molar-refractivity contribution in [3.05, 3.63) is 32.6 Å². The van der Waals surface area contributed by atoms with Gasteiger partial charge in [0.05, 0.1) is 0 Å². The monoisotopic (exact) mass is 272 g/mol. The Kier molecular flexibility index (Phi) is 3.63. The molecule has 0 N–H and O–H groups in total. The van der Waals surface area contributed by atoms with Gasteiger partial charge in [-0.15, -0.1) is 0 Å². The van der Waals surface area contributed by atoms with Crippen molar-refractivity contribution < 1.29 is 22.0 Å². The molecule has 0 saturated heterocycles. The minimum absolute atomic E-state index is 0.00639. The van der Waals surface area contributed by atoms with Crippen molar-refractivity contribution in [3.63, 3.8) is 0 Å². The van der Waals surface area contributed by atoms with Crippen LogP contribution in [0.4, 0.5) is 22.0 Å². The number of aromatic nitrogens is 2. The number of hydrogen-bond acceptors (Lipinski definition) is 2. The van der Waals surface area contributed by atoms with Crippen LogP contribution in [-0.4, -0.2) is 9.13 Å². The lowest BCUT2D eigenvalue weighted by Crippen LogP contribution is -2.43. The molecule has 1 heterocycles. The number of alkyl halides is 5. The molecule has 102 valence electrons. The van der Waals surface area contributed by atoms with E-state index in [1.807, 2.05) is 0 Å². The van der Waals surface area contributed by atoms with E-state index in [4.69, 9.17) is 0 Å². The molecule has 0 bridgehead atoms. The Balaban J connectivity index is 3.80. The van der Waals surface area contributed by atoms with E-state index in [1.54, 1.807) is 0 Å². The molecular formula is C9H9F5N2O2. The highest BCUT2D eigenvalue weighted by atomic mass is 19.4. The Bertz CT molecular complexity index is 556. The highest BCUT2D eigenvalue weighted by Gasteiger charge is 2.38. The van der Waals surface area contributed by atoms with Crippen molar-refractivity contribution in [2.75, 3.05) is 0 Å². The van der Waals surface area contributed by atoms with E-state index in [1.165, 1.54) is 13.8 Å². The van der Waals surface area contributed by atoms with E-state index >= 15 is 0 Å². The van der Waals surface area contributed by atoms with Crippen molar-refractivity contribution in [2.24, 2.45) is 0 Å². The smallest absolute Gasteiger partial charge is 0.269 e. The normalized spacial score (nSPS) is 12.5. The van der Waals surface area contributed by atoms with E-state index in [0.29, 0.717) is 4.57 Å². The number of hydrogen-bond donors (Lipinski definition) is 0. The quantitative estimate of drug-likeness (QED) is 0.773. The lowest BCUT2D eigenvalue weighted by atomic mass is 10.3. The summed E-state index contributed by atoms with van der Waals surface area (Å²) in [6.07, 6.45) is -5.20. The molecule has 1 aromatic heterocycles. The van der Waals surface area contributed by atoms with Gasteiger partial charge in [-0.1, -0.05) is 0 Å². The summed E-state index contributed by atoms with van der Waals surface area (Å²) in [6, 6.07) is -0.828. The minimum Gasteiger partial charge on any atom is -0.269 e. The van der Waals surface area contributed by atoms with Gasteiger partial charge in [-0.25, -0.2) is 9.36 Å². The van der Waals surface area contributed by atoms with Gasteiger partial charge in [0.25, 0.3) is 5.56 Å². The molecule has 1 rings (SSSR count). The molecule has 4 nitrogen and oxygen atoms in total. The Morgan fingerprint density at radius 3 is 1.94 bits per heavy atom. The molecule has 18 heavy (non-hydrogen) atoms. The molecule has 0 aliphatic rings.